The minimum Gasteiger partial charge on any atom is -0.378 e. The molecule has 0 saturated carbocycles. The maximum atomic E-state index is 4.37. The zero-order valence-corrected chi connectivity index (χ0v) is 13.8. The van der Waals surface area contributed by atoms with E-state index in [0.29, 0.717) is 0 Å². The van der Waals surface area contributed by atoms with Crippen molar-refractivity contribution in [2.24, 2.45) is 5.92 Å². The van der Waals surface area contributed by atoms with Gasteiger partial charge in [0.2, 0.25) is 0 Å². The molecule has 0 aliphatic carbocycles. The lowest BCUT2D eigenvalue weighted by Crippen LogP contribution is -2.20. The van der Waals surface area contributed by atoms with Crippen molar-refractivity contribution in [2.75, 3.05) is 23.3 Å². The Labute approximate surface area is 141 Å². The lowest BCUT2D eigenvalue weighted by atomic mass is 10.2. The highest BCUT2D eigenvalue weighted by Crippen LogP contribution is 2.30. The third-order valence-electron chi connectivity index (χ3n) is 4.58. The molecule has 24 heavy (non-hydrogen) atoms. The Morgan fingerprint density at radius 1 is 1.12 bits per heavy atom. The van der Waals surface area contributed by atoms with Crippen LogP contribution in [0.3, 0.4) is 0 Å². The van der Waals surface area contributed by atoms with Crippen LogP contribution in [0.2, 0.25) is 0 Å². The number of hydrogen-bond acceptors (Lipinski definition) is 5. The van der Waals surface area contributed by atoms with Gasteiger partial charge in [-0.3, -0.25) is 15.0 Å². The van der Waals surface area contributed by atoms with Crippen LogP contribution in [0.4, 0.5) is 11.4 Å². The molecule has 3 heterocycles. The summed E-state index contributed by atoms with van der Waals surface area (Å²) >= 11 is 0. The van der Waals surface area contributed by atoms with Crippen LogP contribution in [-0.4, -0.2) is 28.0 Å². The van der Waals surface area contributed by atoms with Crippen molar-refractivity contribution in [2.45, 2.75) is 19.9 Å². The molecule has 1 unspecified atom stereocenters. The average Bonchev–Trinajstić information content (AvgIpc) is 3.06. The second-order valence-corrected chi connectivity index (χ2v) is 6.47. The van der Waals surface area contributed by atoms with E-state index in [0.717, 1.165) is 42.3 Å². The van der Waals surface area contributed by atoms with Crippen LogP contribution in [0.5, 0.6) is 0 Å². The van der Waals surface area contributed by atoms with Gasteiger partial charge in [0.15, 0.2) is 0 Å². The Morgan fingerprint density at radius 2 is 2.00 bits per heavy atom. The fraction of sp³-hybridized carbons (Fsp3) is 0.316. The van der Waals surface area contributed by atoms with Crippen LogP contribution in [0.1, 0.15) is 18.9 Å². The lowest BCUT2D eigenvalue weighted by molar-refractivity contribution is 0.659. The summed E-state index contributed by atoms with van der Waals surface area (Å²) < 4.78 is 0. The highest BCUT2D eigenvalue weighted by molar-refractivity contribution is 5.75. The van der Waals surface area contributed by atoms with Crippen LogP contribution >= 0.6 is 0 Å². The molecule has 122 valence electrons. The summed E-state index contributed by atoms with van der Waals surface area (Å²) in [4.78, 5) is 15.4. The number of nitrogens with zero attached hydrogens (tertiary/aromatic N) is 4. The van der Waals surface area contributed by atoms with Gasteiger partial charge in [0.1, 0.15) is 0 Å². The van der Waals surface area contributed by atoms with Crippen LogP contribution in [-0.2, 0) is 6.54 Å². The second-order valence-electron chi connectivity index (χ2n) is 6.47. The Balaban J connectivity index is 1.53. The molecule has 1 aromatic carbocycles. The molecule has 0 radical (unpaired) electrons. The van der Waals surface area contributed by atoms with Crippen molar-refractivity contribution >= 4 is 22.4 Å². The maximum absolute atomic E-state index is 4.37. The van der Waals surface area contributed by atoms with Crippen molar-refractivity contribution in [3.63, 3.8) is 0 Å². The number of fused-ring (bicyclic) bond motifs is 1. The Kier molecular flexibility index (Phi) is 3.99. The number of hydrogen-bond donors (Lipinski definition) is 1. The fourth-order valence-electron chi connectivity index (χ4n) is 3.27. The van der Waals surface area contributed by atoms with Gasteiger partial charge < -0.3 is 10.2 Å². The van der Waals surface area contributed by atoms with Crippen molar-refractivity contribution in [1.29, 1.82) is 0 Å². The van der Waals surface area contributed by atoms with Gasteiger partial charge in [-0.1, -0.05) is 13.0 Å². The van der Waals surface area contributed by atoms with E-state index >= 15 is 0 Å². The van der Waals surface area contributed by atoms with Crippen molar-refractivity contribution in [3.8, 4) is 0 Å². The minimum atomic E-state index is 0.745. The van der Waals surface area contributed by atoms with Crippen LogP contribution in [0, 0.1) is 5.92 Å². The van der Waals surface area contributed by atoms with E-state index in [9.17, 15) is 0 Å². The van der Waals surface area contributed by atoms with Gasteiger partial charge in [-0.25, -0.2) is 0 Å². The maximum Gasteiger partial charge on any atom is 0.0890 e. The van der Waals surface area contributed by atoms with Gasteiger partial charge in [0.05, 0.1) is 28.6 Å². The van der Waals surface area contributed by atoms with Crippen LogP contribution in [0.15, 0.2) is 49.1 Å². The molecule has 1 atom stereocenters. The topological polar surface area (TPSA) is 53.9 Å². The van der Waals surface area contributed by atoms with E-state index in [1.165, 1.54) is 17.7 Å². The van der Waals surface area contributed by atoms with E-state index in [4.69, 9.17) is 0 Å². The summed E-state index contributed by atoms with van der Waals surface area (Å²) in [5, 5.41) is 3.53. The number of nitrogens with one attached hydrogen (secondary N) is 1. The Bertz CT molecular complexity index is 848. The molecule has 5 nitrogen and oxygen atoms in total. The largest absolute Gasteiger partial charge is 0.378 e. The molecule has 0 bridgehead atoms. The summed E-state index contributed by atoms with van der Waals surface area (Å²) in [7, 11) is 0. The Hall–Kier alpha value is -2.69. The number of benzene rings is 1. The molecule has 2 aromatic heterocycles. The number of rotatable bonds is 4. The van der Waals surface area contributed by atoms with E-state index in [1.54, 1.807) is 12.4 Å². The first-order valence-electron chi connectivity index (χ1n) is 8.42. The molecule has 1 saturated heterocycles. The molecule has 4 rings (SSSR count). The van der Waals surface area contributed by atoms with Gasteiger partial charge >= 0.3 is 0 Å². The van der Waals surface area contributed by atoms with Gasteiger partial charge in [-0.2, -0.15) is 0 Å². The number of pyridine rings is 1. The normalized spacial score (nSPS) is 17.4. The predicted molar refractivity (Wildman–Crippen MR) is 97.1 cm³/mol. The van der Waals surface area contributed by atoms with Crippen molar-refractivity contribution in [3.05, 3.63) is 54.6 Å². The monoisotopic (exact) mass is 319 g/mol. The van der Waals surface area contributed by atoms with E-state index < -0.39 is 0 Å². The molecule has 0 spiro atoms. The standard InChI is InChI=1S/C19H21N5/c1-14-5-9-24(13-14)19-4-6-20-12-18(19)23-11-15-2-3-16-17(10-15)22-8-7-21-16/h2-4,6-8,10,12,14,23H,5,9,11,13H2,1H3. The molecule has 3 aromatic rings. The SMILES string of the molecule is CC1CCN(c2ccncc2NCc2ccc3nccnc3c2)C1. The van der Waals surface area contributed by atoms with Crippen LogP contribution < -0.4 is 10.2 Å². The zero-order valence-electron chi connectivity index (χ0n) is 13.8. The van der Waals surface area contributed by atoms with E-state index in [-0.39, 0.29) is 0 Å². The second kappa shape index (κ2) is 6.43. The first kappa shape index (κ1) is 14.9. The first-order chi connectivity index (χ1) is 11.8. The summed E-state index contributed by atoms with van der Waals surface area (Å²) in [6, 6.07) is 8.30. The van der Waals surface area contributed by atoms with Crippen LogP contribution in [0.25, 0.3) is 11.0 Å². The zero-order chi connectivity index (χ0) is 16.4. The average molecular weight is 319 g/mol. The number of anilines is 2. The lowest BCUT2D eigenvalue weighted by Gasteiger charge is -2.22. The predicted octanol–water partition coefficient (Wildman–Crippen LogP) is 3.48. The summed E-state index contributed by atoms with van der Waals surface area (Å²) in [5.74, 6) is 0.755. The minimum absolute atomic E-state index is 0.745. The van der Waals surface area contributed by atoms with Gasteiger partial charge in [0.25, 0.3) is 0 Å². The molecule has 1 N–H and O–H groups in total. The third-order valence-corrected chi connectivity index (χ3v) is 4.58. The molecular formula is C19H21N5. The van der Waals surface area contributed by atoms with Gasteiger partial charge in [0, 0.05) is 38.2 Å². The summed E-state index contributed by atoms with van der Waals surface area (Å²) in [6.45, 7) is 5.29. The first-order valence-corrected chi connectivity index (χ1v) is 8.42. The van der Waals surface area contributed by atoms with Crippen molar-refractivity contribution < 1.29 is 0 Å². The molecule has 0 amide bonds. The third kappa shape index (κ3) is 3.02. The van der Waals surface area contributed by atoms with Crippen molar-refractivity contribution in [1.82, 2.24) is 15.0 Å². The highest BCUT2D eigenvalue weighted by atomic mass is 15.2. The van der Waals surface area contributed by atoms with Gasteiger partial charge in [-0.05, 0) is 36.1 Å². The molecule has 5 heteroatoms. The number of aromatic nitrogens is 3. The summed E-state index contributed by atoms with van der Waals surface area (Å²) in [5.41, 5.74) is 5.37. The smallest absolute Gasteiger partial charge is 0.0890 e. The van der Waals surface area contributed by atoms with E-state index in [2.05, 4.69) is 50.3 Å². The fourth-order valence-corrected chi connectivity index (χ4v) is 3.27. The summed E-state index contributed by atoms with van der Waals surface area (Å²) in [6.07, 6.45) is 8.49. The Morgan fingerprint density at radius 3 is 2.83 bits per heavy atom. The molecule has 1 aliphatic rings. The molecule has 1 fully saturated rings. The van der Waals surface area contributed by atoms with Gasteiger partial charge in [-0.15, -0.1) is 0 Å². The quantitative estimate of drug-likeness (QED) is 0.798. The molecular weight excluding hydrogens is 298 g/mol. The molecule has 1 aliphatic heterocycles. The highest BCUT2D eigenvalue weighted by Gasteiger charge is 2.20. The van der Waals surface area contributed by atoms with E-state index in [1.807, 2.05) is 18.5 Å².